The number of ether oxygens (including phenoxy) is 1. The van der Waals surface area contributed by atoms with Crippen molar-refractivity contribution >= 4 is 17.5 Å². The highest BCUT2D eigenvalue weighted by atomic mass is 16.5. The monoisotopic (exact) mass is 420 g/mol. The van der Waals surface area contributed by atoms with Crippen molar-refractivity contribution in [3.63, 3.8) is 0 Å². The van der Waals surface area contributed by atoms with E-state index in [1.807, 2.05) is 30.3 Å². The van der Waals surface area contributed by atoms with Gasteiger partial charge in [0.2, 0.25) is 5.91 Å². The molecule has 31 heavy (non-hydrogen) atoms. The highest BCUT2D eigenvalue weighted by molar-refractivity contribution is 5.88. The Balaban J connectivity index is 1.66. The Morgan fingerprint density at radius 2 is 2.00 bits per heavy atom. The van der Waals surface area contributed by atoms with Gasteiger partial charge in [0.05, 0.1) is 12.2 Å². The molecule has 4 rings (SSSR count). The number of amides is 1. The molecular formula is C24H28N4O3. The first kappa shape index (κ1) is 20.9. The van der Waals surface area contributed by atoms with Crippen LogP contribution in [0.3, 0.4) is 0 Å². The number of phenolic OH excluding ortho intramolecular Hbond substituents is 1. The van der Waals surface area contributed by atoms with Crippen LogP contribution in [0.4, 0.5) is 5.82 Å². The van der Waals surface area contributed by atoms with Crippen molar-refractivity contribution in [2.45, 2.75) is 19.8 Å². The van der Waals surface area contributed by atoms with Gasteiger partial charge in [0.15, 0.2) is 0 Å². The molecule has 0 saturated carbocycles. The molecule has 7 nitrogen and oxygen atoms in total. The summed E-state index contributed by atoms with van der Waals surface area (Å²) in [6, 6.07) is 9.19. The smallest absolute Gasteiger partial charge is 0.222 e. The molecule has 2 aliphatic heterocycles. The molecule has 1 aromatic carbocycles. The fourth-order valence-corrected chi connectivity index (χ4v) is 3.83. The number of nitrogens with one attached hydrogen (secondary N) is 2. The highest BCUT2D eigenvalue weighted by Crippen LogP contribution is 2.37. The van der Waals surface area contributed by atoms with Gasteiger partial charge < -0.3 is 25.4 Å². The van der Waals surface area contributed by atoms with E-state index in [2.05, 4.69) is 26.6 Å². The van der Waals surface area contributed by atoms with E-state index < -0.39 is 0 Å². The van der Waals surface area contributed by atoms with Crippen molar-refractivity contribution < 1.29 is 14.6 Å². The number of allylic oxidation sites excluding steroid dienone is 2. The van der Waals surface area contributed by atoms with Gasteiger partial charge in [-0.15, -0.1) is 0 Å². The summed E-state index contributed by atoms with van der Waals surface area (Å²) in [6.07, 6.45) is 7.85. The first-order valence-corrected chi connectivity index (χ1v) is 10.7. The Morgan fingerprint density at radius 3 is 2.74 bits per heavy atom. The fraction of sp³-hybridized carbons (Fsp3) is 0.333. The maximum atomic E-state index is 11.2. The summed E-state index contributed by atoms with van der Waals surface area (Å²) in [7, 11) is 0. The first-order valence-electron chi connectivity index (χ1n) is 10.7. The van der Waals surface area contributed by atoms with Crippen LogP contribution in [0.1, 0.15) is 25.3 Å². The molecule has 2 aromatic rings. The van der Waals surface area contributed by atoms with Crippen LogP contribution in [-0.2, 0) is 9.53 Å². The normalized spacial score (nSPS) is 20.4. The van der Waals surface area contributed by atoms with E-state index in [1.165, 1.54) is 6.92 Å². The lowest BCUT2D eigenvalue weighted by Crippen LogP contribution is -2.42. The number of aromatic nitrogens is 1. The molecule has 0 atom stereocenters. The summed E-state index contributed by atoms with van der Waals surface area (Å²) in [4.78, 5) is 17.8. The number of para-hydroxylation sites is 1. The van der Waals surface area contributed by atoms with Gasteiger partial charge in [-0.2, -0.15) is 0 Å². The van der Waals surface area contributed by atoms with Crippen LogP contribution >= 0.6 is 0 Å². The number of nitrogens with zero attached hydrogens (tertiary/aromatic N) is 2. The highest BCUT2D eigenvalue weighted by Gasteiger charge is 2.18. The number of benzene rings is 1. The van der Waals surface area contributed by atoms with Crippen LogP contribution in [-0.4, -0.2) is 53.7 Å². The summed E-state index contributed by atoms with van der Waals surface area (Å²) >= 11 is 0. The van der Waals surface area contributed by atoms with Crippen molar-refractivity contribution in [1.29, 1.82) is 0 Å². The van der Waals surface area contributed by atoms with E-state index in [4.69, 9.17) is 4.74 Å². The Bertz CT molecular complexity index is 992. The average molecular weight is 421 g/mol. The van der Waals surface area contributed by atoms with Crippen LogP contribution in [0.15, 0.2) is 54.4 Å². The van der Waals surface area contributed by atoms with Crippen LogP contribution in [0.25, 0.3) is 16.9 Å². The minimum absolute atomic E-state index is 0.156. The number of pyridine rings is 1. The number of carbonyl (C=O) groups is 1. The van der Waals surface area contributed by atoms with E-state index in [-0.39, 0.29) is 11.7 Å². The molecule has 3 heterocycles. The lowest BCUT2D eigenvalue weighted by Gasteiger charge is -2.31. The topological polar surface area (TPSA) is 86.7 Å². The molecule has 1 saturated heterocycles. The SMILES string of the molecule is CC(=O)Nc1ccc(-c2cccc(/C3=C/C(N4CCNCC4)=C/CCCO3)c2O)cn1. The van der Waals surface area contributed by atoms with E-state index in [9.17, 15) is 9.90 Å². The Kier molecular flexibility index (Phi) is 6.52. The molecule has 0 aliphatic carbocycles. The molecule has 0 radical (unpaired) electrons. The molecule has 3 N–H and O–H groups in total. The second-order valence-corrected chi connectivity index (χ2v) is 7.68. The molecule has 0 unspecified atom stereocenters. The molecule has 2 aliphatic rings. The van der Waals surface area contributed by atoms with Crippen LogP contribution in [0.2, 0.25) is 0 Å². The number of piperazine rings is 1. The zero-order valence-electron chi connectivity index (χ0n) is 17.7. The number of rotatable bonds is 4. The number of anilines is 1. The zero-order chi connectivity index (χ0) is 21.6. The number of carbonyl (C=O) groups excluding carboxylic acids is 1. The zero-order valence-corrected chi connectivity index (χ0v) is 17.7. The Morgan fingerprint density at radius 1 is 1.19 bits per heavy atom. The summed E-state index contributed by atoms with van der Waals surface area (Å²) in [5.74, 6) is 1.13. The van der Waals surface area contributed by atoms with Gasteiger partial charge in [0.1, 0.15) is 17.3 Å². The largest absolute Gasteiger partial charge is 0.507 e. The van der Waals surface area contributed by atoms with Crippen LogP contribution in [0.5, 0.6) is 5.75 Å². The Hall–Kier alpha value is -3.32. The lowest BCUT2D eigenvalue weighted by molar-refractivity contribution is -0.114. The van der Waals surface area contributed by atoms with Crippen molar-refractivity contribution in [2.24, 2.45) is 0 Å². The summed E-state index contributed by atoms with van der Waals surface area (Å²) < 4.78 is 6.08. The molecule has 162 valence electrons. The average Bonchev–Trinajstić information content (AvgIpc) is 2.75. The van der Waals surface area contributed by atoms with Gasteiger partial charge in [-0.05, 0) is 31.0 Å². The standard InChI is InChI=1S/C24H28N4O3/c1-17(29)27-23-9-8-18(16-26-23)20-6-4-7-21(24(20)30)22-15-19(5-2-3-14-31-22)28-12-10-25-11-13-28/h4-9,15-16,25,30H,2-3,10-14H2,1H3,(H,26,27,29)/b19-5-,22-15-. The van der Waals surface area contributed by atoms with Gasteiger partial charge in [-0.1, -0.05) is 18.2 Å². The summed E-state index contributed by atoms with van der Waals surface area (Å²) in [5, 5.41) is 17.1. The second-order valence-electron chi connectivity index (χ2n) is 7.68. The summed E-state index contributed by atoms with van der Waals surface area (Å²) in [5.41, 5.74) is 3.23. The molecule has 1 amide bonds. The van der Waals surface area contributed by atoms with E-state index in [0.717, 1.165) is 50.3 Å². The third-order valence-corrected chi connectivity index (χ3v) is 5.40. The van der Waals surface area contributed by atoms with E-state index >= 15 is 0 Å². The minimum atomic E-state index is -0.174. The predicted octanol–water partition coefficient (Wildman–Crippen LogP) is 3.35. The van der Waals surface area contributed by atoms with Gasteiger partial charge in [-0.3, -0.25) is 4.79 Å². The maximum Gasteiger partial charge on any atom is 0.222 e. The number of hydrogen-bond donors (Lipinski definition) is 3. The number of aromatic hydroxyl groups is 1. The molecular weight excluding hydrogens is 392 g/mol. The van der Waals surface area contributed by atoms with Gasteiger partial charge >= 0.3 is 0 Å². The third-order valence-electron chi connectivity index (χ3n) is 5.40. The van der Waals surface area contributed by atoms with E-state index in [0.29, 0.717) is 29.3 Å². The van der Waals surface area contributed by atoms with Gasteiger partial charge in [0, 0.05) is 62.2 Å². The van der Waals surface area contributed by atoms with Crippen molar-refractivity contribution in [1.82, 2.24) is 15.2 Å². The molecule has 0 spiro atoms. The third kappa shape index (κ3) is 5.06. The minimum Gasteiger partial charge on any atom is -0.507 e. The number of phenols is 1. The quantitative estimate of drug-likeness (QED) is 0.703. The van der Waals surface area contributed by atoms with Crippen LogP contribution < -0.4 is 10.6 Å². The molecule has 7 heteroatoms. The van der Waals surface area contributed by atoms with Crippen molar-refractivity contribution in [3.05, 3.63) is 59.9 Å². The van der Waals surface area contributed by atoms with Crippen molar-refractivity contribution in [2.75, 3.05) is 38.1 Å². The Labute approximate surface area is 182 Å². The lowest BCUT2D eigenvalue weighted by atomic mass is 10.0. The van der Waals surface area contributed by atoms with Crippen molar-refractivity contribution in [3.8, 4) is 16.9 Å². The molecule has 1 fully saturated rings. The molecule has 1 aromatic heterocycles. The summed E-state index contributed by atoms with van der Waals surface area (Å²) in [6.45, 7) is 5.87. The second kappa shape index (κ2) is 9.66. The predicted molar refractivity (Wildman–Crippen MR) is 121 cm³/mol. The van der Waals surface area contributed by atoms with E-state index in [1.54, 1.807) is 12.3 Å². The van der Waals surface area contributed by atoms with Crippen LogP contribution in [0, 0.1) is 0 Å². The number of hydrogen-bond acceptors (Lipinski definition) is 6. The van der Waals surface area contributed by atoms with Gasteiger partial charge in [0.25, 0.3) is 0 Å². The fourth-order valence-electron chi connectivity index (χ4n) is 3.83. The van der Waals surface area contributed by atoms with Gasteiger partial charge in [-0.25, -0.2) is 4.98 Å². The molecule has 0 bridgehead atoms. The first-order chi connectivity index (χ1) is 15.1. The maximum absolute atomic E-state index is 11.2.